The molecular formula is C25H17ClN4O3S2. The second kappa shape index (κ2) is 9.99. The molecule has 1 aliphatic rings. The summed E-state index contributed by atoms with van der Waals surface area (Å²) in [5, 5.41) is 20.4. The molecule has 7 nitrogen and oxygen atoms in total. The van der Waals surface area contributed by atoms with E-state index in [1.807, 2.05) is 42.5 Å². The van der Waals surface area contributed by atoms with Crippen LogP contribution in [0.25, 0.3) is 5.76 Å². The van der Waals surface area contributed by atoms with Crippen molar-refractivity contribution >= 4 is 57.3 Å². The predicted molar refractivity (Wildman–Crippen MR) is 136 cm³/mol. The maximum absolute atomic E-state index is 13.2. The number of carbonyl (C=O) groups excluding carboxylic acids is 2. The largest absolute Gasteiger partial charge is 0.507 e. The van der Waals surface area contributed by atoms with Crippen molar-refractivity contribution in [2.24, 2.45) is 0 Å². The van der Waals surface area contributed by atoms with E-state index in [-0.39, 0.29) is 16.5 Å². The van der Waals surface area contributed by atoms with Gasteiger partial charge in [-0.1, -0.05) is 83.2 Å². The molecule has 1 aliphatic heterocycles. The molecule has 1 saturated heterocycles. The third-order valence-corrected chi connectivity index (χ3v) is 7.90. The summed E-state index contributed by atoms with van der Waals surface area (Å²) in [6.45, 7) is 0. The number of amides is 1. The number of benzene rings is 2. The van der Waals surface area contributed by atoms with Gasteiger partial charge in [-0.25, -0.2) is 0 Å². The monoisotopic (exact) mass is 520 g/mol. The van der Waals surface area contributed by atoms with Crippen molar-refractivity contribution in [3.63, 3.8) is 0 Å². The van der Waals surface area contributed by atoms with E-state index in [1.54, 1.807) is 24.3 Å². The molecule has 35 heavy (non-hydrogen) atoms. The molecule has 1 N–H and O–H groups in total. The summed E-state index contributed by atoms with van der Waals surface area (Å²) in [6.07, 6.45) is 3.02. The Kier molecular flexibility index (Phi) is 6.63. The van der Waals surface area contributed by atoms with Crippen LogP contribution in [-0.2, 0) is 15.3 Å². The molecule has 10 heteroatoms. The van der Waals surface area contributed by atoms with Crippen molar-refractivity contribution in [1.29, 1.82) is 0 Å². The van der Waals surface area contributed by atoms with Gasteiger partial charge in [0.2, 0.25) is 5.13 Å². The highest BCUT2D eigenvalue weighted by Crippen LogP contribution is 2.44. The van der Waals surface area contributed by atoms with E-state index in [1.165, 1.54) is 40.4 Å². The number of aliphatic hydroxyl groups is 1. The average molecular weight is 521 g/mol. The number of halogens is 1. The van der Waals surface area contributed by atoms with Crippen LogP contribution in [0, 0.1) is 0 Å². The molecular weight excluding hydrogens is 504 g/mol. The average Bonchev–Trinajstić information content (AvgIpc) is 3.46. The Bertz CT molecular complexity index is 1430. The van der Waals surface area contributed by atoms with Crippen LogP contribution in [0.1, 0.15) is 22.7 Å². The first kappa shape index (κ1) is 23.2. The van der Waals surface area contributed by atoms with Crippen molar-refractivity contribution in [2.45, 2.75) is 16.1 Å². The zero-order chi connectivity index (χ0) is 24.4. The molecule has 2 aromatic heterocycles. The molecule has 1 amide bonds. The van der Waals surface area contributed by atoms with Crippen LogP contribution < -0.4 is 4.90 Å². The zero-order valence-corrected chi connectivity index (χ0v) is 20.4. The molecule has 1 fully saturated rings. The zero-order valence-electron chi connectivity index (χ0n) is 18.0. The van der Waals surface area contributed by atoms with Gasteiger partial charge in [-0.3, -0.25) is 19.5 Å². The van der Waals surface area contributed by atoms with Crippen LogP contribution in [0.3, 0.4) is 0 Å². The molecule has 0 aliphatic carbocycles. The van der Waals surface area contributed by atoms with Gasteiger partial charge in [-0.15, -0.1) is 10.2 Å². The van der Waals surface area contributed by atoms with Crippen LogP contribution in [0.5, 0.6) is 0 Å². The van der Waals surface area contributed by atoms with Gasteiger partial charge < -0.3 is 5.11 Å². The SMILES string of the molecule is O=C1C(=O)N(c2nnc(SCc3ccccc3Cl)s2)C(c2ccccc2)/C1=C(\O)c1ccncc1. The Morgan fingerprint density at radius 1 is 1.00 bits per heavy atom. The number of aliphatic hydroxyl groups excluding tert-OH is 1. The van der Waals surface area contributed by atoms with E-state index in [9.17, 15) is 14.7 Å². The van der Waals surface area contributed by atoms with Gasteiger partial charge in [0, 0.05) is 28.7 Å². The topological polar surface area (TPSA) is 96.3 Å². The number of ketones is 1. The summed E-state index contributed by atoms with van der Waals surface area (Å²) in [6, 6.07) is 18.9. The van der Waals surface area contributed by atoms with Crippen LogP contribution in [0.4, 0.5) is 5.13 Å². The van der Waals surface area contributed by atoms with E-state index in [4.69, 9.17) is 11.6 Å². The minimum atomic E-state index is -0.848. The van der Waals surface area contributed by atoms with Crippen molar-refractivity contribution in [1.82, 2.24) is 15.2 Å². The number of nitrogens with zero attached hydrogens (tertiary/aromatic N) is 4. The summed E-state index contributed by atoms with van der Waals surface area (Å²) >= 11 is 8.89. The van der Waals surface area contributed by atoms with E-state index >= 15 is 0 Å². The summed E-state index contributed by atoms with van der Waals surface area (Å²) in [4.78, 5) is 31.6. The van der Waals surface area contributed by atoms with Crippen LogP contribution in [-0.4, -0.2) is 32.0 Å². The van der Waals surface area contributed by atoms with Gasteiger partial charge in [-0.2, -0.15) is 0 Å². The predicted octanol–water partition coefficient (Wildman–Crippen LogP) is 5.51. The number of hydrogen-bond acceptors (Lipinski definition) is 8. The minimum Gasteiger partial charge on any atom is -0.507 e. The first-order valence-electron chi connectivity index (χ1n) is 10.5. The Balaban J connectivity index is 1.52. The summed E-state index contributed by atoms with van der Waals surface area (Å²) < 4.78 is 0.628. The fourth-order valence-corrected chi connectivity index (χ4v) is 5.91. The molecule has 1 unspecified atom stereocenters. The van der Waals surface area contributed by atoms with Crippen LogP contribution >= 0.6 is 34.7 Å². The molecule has 0 saturated carbocycles. The Labute approximate surface area is 214 Å². The normalized spacial score (nSPS) is 17.2. The van der Waals surface area contributed by atoms with Crippen molar-refractivity contribution in [3.8, 4) is 0 Å². The van der Waals surface area contributed by atoms with Gasteiger partial charge in [-0.05, 0) is 29.3 Å². The molecule has 174 valence electrons. The van der Waals surface area contributed by atoms with E-state index in [0.717, 1.165) is 5.56 Å². The quantitative estimate of drug-likeness (QED) is 0.118. The lowest BCUT2D eigenvalue weighted by molar-refractivity contribution is -0.132. The fourth-order valence-electron chi connectivity index (χ4n) is 3.76. The molecule has 1 atom stereocenters. The fraction of sp³-hybridized carbons (Fsp3) is 0.0800. The van der Waals surface area contributed by atoms with E-state index in [0.29, 0.717) is 26.2 Å². The first-order chi connectivity index (χ1) is 17.0. The van der Waals surface area contributed by atoms with E-state index in [2.05, 4.69) is 15.2 Å². The number of rotatable bonds is 6. The minimum absolute atomic E-state index is 0.00660. The lowest BCUT2D eigenvalue weighted by Crippen LogP contribution is -2.29. The highest BCUT2D eigenvalue weighted by molar-refractivity contribution is 8.00. The van der Waals surface area contributed by atoms with Gasteiger partial charge in [0.25, 0.3) is 5.78 Å². The molecule has 2 aromatic carbocycles. The highest BCUT2D eigenvalue weighted by atomic mass is 35.5. The van der Waals surface area contributed by atoms with E-state index < -0.39 is 17.7 Å². The Morgan fingerprint density at radius 2 is 1.71 bits per heavy atom. The van der Waals surface area contributed by atoms with Gasteiger partial charge >= 0.3 is 5.91 Å². The molecule has 4 aromatic rings. The molecule has 5 rings (SSSR count). The number of pyridine rings is 1. The lowest BCUT2D eigenvalue weighted by atomic mass is 9.96. The Hall–Kier alpha value is -3.53. The van der Waals surface area contributed by atoms with Crippen LogP contribution in [0.15, 0.2) is 89.0 Å². The van der Waals surface area contributed by atoms with Crippen molar-refractivity contribution in [2.75, 3.05) is 4.90 Å². The van der Waals surface area contributed by atoms with Gasteiger partial charge in [0.05, 0.1) is 11.6 Å². The smallest absolute Gasteiger partial charge is 0.301 e. The molecule has 0 radical (unpaired) electrons. The maximum atomic E-state index is 13.2. The van der Waals surface area contributed by atoms with Gasteiger partial charge in [0.15, 0.2) is 4.34 Å². The number of thioether (sulfide) groups is 1. The lowest BCUT2D eigenvalue weighted by Gasteiger charge is -2.22. The van der Waals surface area contributed by atoms with Gasteiger partial charge in [0.1, 0.15) is 5.76 Å². The second-order valence-corrected chi connectivity index (χ2v) is 10.1. The number of hydrogen-bond donors (Lipinski definition) is 1. The third-order valence-electron chi connectivity index (χ3n) is 5.42. The Morgan fingerprint density at radius 3 is 2.46 bits per heavy atom. The third kappa shape index (κ3) is 4.58. The second-order valence-electron chi connectivity index (χ2n) is 7.55. The van der Waals surface area contributed by atoms with Crippen molar-refractivity contribution < 1.29 is 14.7 Å². The molecule has 3 heterocycles. The summed E-state index contributed by atoms with van der Waals surface area (Å²) in [5.41, 5.74) is 2.01. The highest BCUT2D eigenvalue weighted by Gasteiger charge is 2.48. The number of anilines is 1. The molecule has 0 spiro atoms. The van der Waals surface area contributed by atoms with Crippen LogP contribution in [0.2, 0.25) is 5.02 Å². The molecule has 0 bridgehead atoms. The summed E-state index contributed by atoms with van der Waals surface area (Å²) in [7, 11) is 0. The number of carbonyl (C=O) groups is 2. The van der Waals surface area contributed by atoms with Crippen molar-refractivity contribution in [3.05, 3.63) is 106 Å². The summed E-state index contributed by atoms with van der Waals surface area (Å²) in [5.74, 6) is -1.24. The maximum Gasteiger partial charge on any atom is 0.301 e. The standard InChI is InChI=1S/C25H17ClN4O3S2/c26-18-9-5-4-8-17(18)14-34-25-29-28-24(35-25)30-20(15-6-2-1-3-7-15)19(22(32)23(30)33)21(31)16-10-12-27-13-11-16/h1-13,20,31H,14H2/b21-19+. The number of Topliss-reactive ketones (excluding diaryl/α,β-unsaturated/α-hetero) is 1. The number of aromatic nitrogens is 3. The first-order valence-corrected chi connectivity index (χ1v) is 12.7.